The summed E-state index contributed by atoms with van der Waals surface area (Å²) in [4.78, 5) is 11.8. The van der Waals surface area contributed by atoms with Crippen LogP contribution in [0.5, 0.6) is 0 Å². The first-order chi connectivity index (χ1) is 8.40. The largest absolute Gasteiger partial charge is 0.399 e. The Morgan fingerprint density at radius 1 is 1.44 bits per heavy atom. The smallest absolute Gasteiger partial charge is 0.251 e. The second-order valence-electron chi connectivity index (χ2n) is 5.06. The van der Waals surface area contributed by atoms with Gasteiger partial charge >= 0.3 is 0 Å². The Kier molecular flexibility index (Phi) is 5.16. The quantitative estimate of drug-likeness (QED) is 0.696. The van der Waals surface area contributed by atoms with E-state index in [0.29, 0.717) is 23.6 Å². The summed E-state index contributed by atoms with van der Waals surface area (Å²) < 4.78 is 0. The van der Waals surface area contributed by atoms with E-state index in [1.165, 1.54) is 0 Å². The Hall–Kier alpha value is -1.55. The van der Waals surface area contributed by atoms with Crippen LogP contribution in [-0.2, 0) is 0 Å². The molecule has 4 N–H and O–H groups in total. The molecule has 0 aliphatic carbocycles. The van der Waals surface area contributed by atoms with Crippen molar-refractivity contribution >= 4 is 11.6 Å². The topological polar surface area (TPSA) is 75.3 Å². The van der Waals surface area contributed by atoms with Gasteiger partial charge in [-0.2, -0.15) is 0 Å². The van der Waals surface area contributed by atoms with E-state index in [2.05, 4.69) is 5.32 Å². The van der Waals surface area contributed by atoms with Crippen LogP contribution < -0.4 is 11.1 Å². The molecule has 1 amide bonds. The molecule has 0 saturated heterocycles. The van der Waals surface area contributed by atoms with Gasteiger partial charge in [0.15, 0.2) is 0 Å². The number of hydrogen-bond acceptors (Lipinski definition) is 3. The van der Waals surface area contributed by atoms with Crippen LogP contribution in [0.25, 0.3) is 0 Å². The van der Waals surface area contributed by atoms with Crippen LogP contribution >= 0.6 is 0 Å². The molecule has 1 rings (SSSR count). The Morgan fingerprint density at radius 2 is 2.11 bits per heavy atom. The molecule has 4 nitrogen and oxygen atoms in total. The fourth-order valence-corrected chi connectivity index (χ4v) is 1.76. The third-order valence-electron chi connectivity index (χ3n) is 2.77. The Morgan fingerprint density at radius 3 is 2.67 bits per heavy atom. The lowest BCUT2D eigenvalue weighted by Crippen LogP contribution is -2.32. The summed E-state index contributed by atoms with van der Waals surface area (Å²) in [5, 5.41) is 12.4. The highest BCUT2D eigenvalue weighted by Gasteiger charge is 2.10. The standard InChI is InChI=1S/C14H22N2O2/c1-9(2)6-12(17)8-16-14(18)11-4-5-13(15)10(3)7-11/h4-5,7,9,12,17H,6,8,15H2,1-3H3,(H,16,18). The summed E-state index contributed by atoms with van der Waals surface area (Å²) in [7, 11) is 0. The van der Waals surface area contributed by atoms with Crippen molar-refractivity contribution in [1.82, 2.24) is 5.32 Å². The molecule has 0 aliphatic rings. The first-order valence-corrected chi connectivity index (χ1v) is 6.22. The molecule has 0 bridgehead atoms. The first-order valence-electron chi connectivity index (χ1n) is 6.22. The van der Waals surface area contributed by atoms with Gasteiger partial charge in [-0.3, -0.25) is 4.79 Å². The Balaban J connectivity index is 2.52. The number of aliphatic hydroxyl groups excluding tert-OH is 1. The highest BCUT2D eigenvalue weighted by Crippen LogP contribution is 2.12. The molecule has 4 heteroatoms. The molecular formula is C14H22N2O2. The van der Waals surface area contributed by atoms with Crippen LogP contribution in [0.4, 0.5) is 5.69 Å². The predicted octanol–water partition coefficient (Wildman–Crippen LogP) is 1.71. The lowest BCUT2D eigenvalue weighted by atomic mass is 10.1. The van der Waals surface area contributed by atoms with E-state index in [0.717, 1.165) is 5.56 Å². The molecule has 100 valence electrons. The van der Waals surface area contributed by atoms with E-state index in [1.54, 1.807) is 18.2 Å². The highest BCUT2D eigenvalue weighted by molar-refractivity contribution is 5.94. The maximum Gasteiger partial charge on any atom is 0.251 e. The first kappa shape index (κ1) is 14.5. The fraction of sp³-hybridized carbons (Fsp3) is 0.500. The summed E-state index contributed by atoms with van der Waals surface area (Å²) >= 11 is 0. The molecule has 0 aromatic heterocycles. The van der Waals surface area contributed by atoms with Crippen molar-refractivity contribution in [3.05, 3.63) is 29.3 Å². The average Bonchev–Trinajstić information content (AvgIpc) is 2.28. The van der Waals surface area contributed by atoms with Crippen molar-refractivity contribution in [3.8, 4) is 0 Å². The number of hydrogen-bond donors (Lipinski definition) is 3. The number of nitrogens with one attached hydrogen (secondary N) is 1. The minimum atomic E-state index is -0.496. The molecule has 0 saturated carbocycles. The second kappa shape index (κ2) is 6.40. The number of rotatable bonds is 5. The number of benzene rings is 1. The zero-order chi connectivity index (χ0) is 13.7. The number of carbonyl (C=O) groups excluding carboxylic acids is 1. The van der Waals surface area contributed by atoms with Crippen molar-refractivity contribution in [1.29, 1.82) is 0 Å². The lowest BCUT2D eigenvalue weighted by Gasteiger charge is -2.14. The number of anilines is 1. The monoisotopic (exact) mass is 250 g/mol. The van der Waals surface area contributed by atoms with Crippen molar-refractivity contribution in [2.75, 3.05) is 12.3 Å². The summed E-state index contributed by atoms with van der Waals surface area (Å²) in [5.74, 6) is 0.233. The van der Waals surface area contributed by atoms with Gasteiger partial charge in [-0.05, 0) is 43.0 Å². The van der Waals surface area contributed by atoms with Crippen LogP contribution in [0.15, 0.2) is 18.2 Å². The van der Waals surface area contributed by atoms with Gasteiger partial charge in [0.25, 0.3) is 5.91 Å². The van der Waals surface area contributed by atoms with Gasteiger partial charge in [-0.25, -0.2) is 0 Å². The van der Waals surface area contributed by atoms with E-state index in [1.807, 2.05) is 20.8 Å². The normalized spacial score (nSPS) is 12.5. The van der Waals surface area contributed by atoms with E-state index in [4.69, 9.17) is 5.73 Å². The molecule has 1 atom stereocenters. The van der Waals surface area contributed by atoms with Crippen molar-refractivity contribution in [3.63, 3.8) is 0 Å². The van der Waals surface area contributed by atoms with Gasteiger partial charge in [0.2, 0.25) is 0 Å². The molecule has 1 unspecified atom stereocenters. The molecule has 1 aromatic rings. The number of nitrogen functional groups attached to an aromatic ring is 1. The number of carbonyl (C=O) groups is 1. The van der Waals surface area contributed by atoms with E-state index in [-0.39, 0.29) is 12.5 Å². The predicted molar refractivity (Wildman–Crippen MR) is 73.4 cm³/mol. The van der Waals surface area contributed by atoms with Gasteiger partial charge in [-0.15, -0.1) is 0 Å². The Bertz CT molecular complexity index is 416. The van der Waals surface area contributed by atoms with Gasteiger partial charge < -0.3 is 16.2 Å². The average molecular weight is 250 g/mol. The third kappa shape index (κ3) is 4.37. The van der Waals surface area contributed by atoms with E-state index < -0.39 is 6.10 Å². The molecule has 0 radical (unpaired) electrons. The highest BCUT2D eigenvalue weighted by atomic mass is 16.3. The van der Waals surface area contributed by atoms with Crippen LogP contribution in [0, 0.1) is 12.8 Å². The SMILES string of the molecule is Cc1cc(C(=O)NCC(O)CC(C)C)ccc1N. The van der Waals surface area contributed by atoms with Crippen molar-refractivity contribution < 1.29 is 9.90 Å². The maximum atomic E-state index is 11.8. The zero-order valence-electron chi connectivity index (χ0n) is 11.2. The lowest BCUT2D eigenvalue weighted by molar-refractivity contribution is 0.0900. The molecule has 0 spiro atoms. The minimum Gasteiger partial charge on any atom is -0.399 e. The number of nitrogens with two attached hydrogens (primary N) is 1. The van der Waals surface area contributed by atoms with Crippen LogP contribution in [0.3, 0.4) is 0 Å². The summed E-state index contributed by atoms with van der Waals surface area (Å²) in [6.07, 6.45) is 0.185. The molecular weight excluding hydrogens is 228 g/mol. The minimum absolute atomic E-state index is 0.180. The molecule has 0 heterocycles. The van der Waals surface area contributed by atoms with Crippen LogP contribution in [0.1, 0.15) is 36.2 Å². The number of amides is 1. The zero-order valence-corrected chi connectivity index (χ0v) is 11.2. The van der Waals surface area contributed by atoms with Crippen LogP contribution in [-0.4, -0.2) is 23.7 Å². The summed E-state index contributed by atoms with van der Waals surface area (Å²) in [6.45, 7) is 6.21. The molecule has 1 aromatic carbocycles. The number of aliphatic hydroxyl groups is 1. The second-order valence-corrected chi connectivity index (χ2v) is 5.06. The van der Waals surface area contributed by atoms with E-state index in [9.17, 15) is 9.90 Å². The van der Waals surface area contributed by atoms with Crippen LogP contribution in [0.2, 0.25) is 0 Å². The fourth-order valence-electron chi connectivity index (χ4n) is 1.76. The van der Waals surface area contributed by atoms with Gasteiger partial charge in [-0.1, -0.05) is 13.8 Å². The molecule has 18 heavy (non-hydrogen) atoms. The van der Waals surface area contributed by atoms with Gasteiger partial charge in [0, 0.05) is 17.8 Å². The molecule has 0 fully saturated rings. The summed E-state index contributed by atoms with van der Waals surface area (Å²) in [6, 6.07) is 5.15. The van der Waals surface area contributed by atoms with Crippen molar-refractivity contribution in [2.24, 2.45) is 5.92 Å². The number of aryl methyl sites for hydroxylation is 1. The summed E-state index contributed by atoms with van der Waals surface area (Å²) in [5.41, 5.74) is 7.81. The maximum absolute atomic E-state index is 11.8. The van der Waals surface area contributed by atoms with Gasteiger partial charge in [0.1, 0.15) is 0 Å². The molecule has 0 aliphatic heterocycles. The van der Waals surface area contributed by atoms with E-state index >= 15 is 0 Å². The van der Waals surface area contributed by atoms with Crippen molar-refractivity contribution in [2.45, 2.75) is 33.3 Å². The van der Waals surface area contributed by atoms with Gasteiger partial charge in [0.05, 0.1) is 6.10 Å². The third-order valence-corrected chi connectivity index (χ3v) is 2.77. The Labute approximate surface area is 108 Å².